The van der Waals surface area contributed by atoms with Crippen molar-refractivity contribution in [3.8, 4) is 11.4 Å². The first-order valence-corrected chi connectivity index (χ1v) is 6.44. The molecule has 9 heteroatoms. The average Bonchev–Trinajstić information content (AvgIpc) is 3.05. The van der Waals surface area contributed by atoms with Crippen LogP contribution in [0.3, 0.4) is 0 Å². The zero-order valence-electron chi connectivity index (χ0n) is 11.8. The second kappa shape index (κ2) is 6.46. The molecule has 2 aromatic rings. The Morgan fingerprint density at radius 2 is 2.29 bits per heavy atom. The summed E-state index contributed by atoms with van der Waals surface area (Å²) in [5, 5.41) is 26.2. The summed E-state index contributed by atoms with van der Waals surface area (Å²) in [6, 6.07) is 0. The van der Waals surface area contributed by atoms with Crippen LogP contribution in [0.1, 0.15) is 17.4 Å². The first-order valence-electron chi connectivity index (χ1n) is 6.44. The van der Waals surface area contributed by atoms with Gasteiger partial charge in [0.05, 0.1) is 44.1 Å². The van der Waals surface area contributed by atoms with E-state index in [0.717, 1.165) is 0 Å². The largest absolute Gasteiger partial charge is 0.461 e. The van der Waals surface area contributed by atoms with Crippen LogP contribution in [0.4, 0.5) is 0 Å². The topological polar surface area (TPSA) is 115 Å². The minimum Gasteiger partial charge on any atom is -0.461 e. The van der Waals surface area contributed by atoms with Gasteiger partial charge in [-0.15, -0.1) is 5.10 Å². The second-order valence-electron chi connectivity index (χ2n) is 4.42. The van der Waals surface area contributed by atoms with Crippen molar-refractivity contribution in [3.05, 3.63) is 18.2 Å². The number of aromatic nitrogens is 5. The minimum absolute atomic E-state index is 0.00339. The average molecular weight is 295 g/mol. The van der Waals surface area contributed by atoms with Crippen molar-refractivity contribution in [2.45, 2.75) is 19.6 Å². The van der Waals surface area contributed by atoms with Crippen molar-refractivity contribution in [3.63, 3.8) is 0 Å². The van der Waals surface area contributed by atoms with E-state index in [0.29, 0.717) is 11.4 Å². The minimum atomic E-state index is -1.01. The van der Waals surface area contributed by atoms with Crippen molar-refractivity contribution in [2.75, 3.05) is 13.2 Å². The van der Waals surface area contributed by atoms with E-state index >= 15 is 0 Å². The molecule has 1 atom stereocenters. The molecule has 2 aromatic heterocycles. The van der Waals surface area contributed by atoms with Crippen LogP contribution in [0.5, 0.6) is 0 Å². The number of aryl methyl sites for hydroxylation is 1. The van der Waals surface area contributed by atoms with E-state index in [1.807, 2.05) is 0 Å². The number of carbonyl (C=O) groups excluding carboxylic acids is 1. The Labute approximate surface area is 120 Å². The molecule has 0 spiro atoms. The fraction of sp³-hybridized carbons (Fsp3) is 0.500. The monoisotopic (exact) mass is 295 g/mol. The molecule has 0 aliphatic heterocycles. The van der Waals surface area contributed by atoms with Gasteiger partial charge in [-0.3, -0.25) is 0 Å². The molecular weight excluding hydrogens is 278 g/mol. The molecule has 21 heavy (non-hydrogen) atoms. The van der Waals surface area contributed by atoms with E-state index in [-0.39, 0.29) is 18.8 Å². The fourth-order valence-corrected chi connectivity index (χ4v) is 1.87. The summed E-state index contributed by atoms with van der Waals surface area (Å²) >= 11 is 0. The van der Waals surface area contributed by atoms with Gasteiger partial charge in [-0.25, -0.2) is 14.5 Å². The van der Waals surface area contributed by atoms with Gasteiger partial charge in [0.15, 0.2) is 5.69 Å². The van der Waals surface area contributed by atoms with Crippen LogP contribution >= 0.6 is 0 Å². The number of aliphatic hydroxyl groups is 2. The van der Waals surface area contributed by atoms with Crippen LogP contribution in [0.15, 0.2) is 12.5 Å². The normalized spacial score (nSPS) is 12.4. The number of hydrogen-bond acceptors (Lipinski definition) is 7. The number of nitrogens with zero attached hydrogens (tertiary/aromatic N) is 5. The Morgan fingerprint density at radius 3 is 2.86 bits per heavy atom. The van der Waals surface area contributed by atoms with E-state index in [4.69, 9.17) is 9.84 Å². The number of esters is 1. The van der Waals surface area contributed by atoms with E-state index < -0.39 is 18.7 Å². The Balaban J connectivity index is 2.48. The Bertz CT molecular complexity index is 621. The molecule has 0 aliphatic rings. The van der Waals surface area contributed by atoms with Gasteiger partial charge in [-0.1, -0.05) is 5.21 Å². The van der Waals surface area contributed by atoms with Crippen LogP contribution in [0.2, 0.25) is 0 Å². The Kier molecular flexibility index (Phi) is 4.66. The zero-order chi connectivity index (χ0) is 15.4. The van der Waals surface area contributed by atoms with Crippen molar-refractivity contribution >= 4 is 5.97 Å². The summed E-state index contributed by atoms with van der Waals surface area (Å²) in [5.41, 5.74) is 1.04. The van der Waals surface area contributed by atoms with Crippen molar-refractivity contribution in [2.24, 2.45) is 7.05 Å². The maximum atomic E-state index is 12.0. The summed E-state index contributed by atoms with van der Waals surface area (Å²) in [4.78, 5) is 16.0. The van der Waals surface area contributed by atoms with Crippen LogP contribution < -0.4 is 0 Å². The van der Waals surface area contributed by atoms with Gasteiger partial charge in [0.2, 0.25) is 0 Å². The third-order valence-electron chi connectivity index (χ3n) is 2.86. The Morgan fingerprint density at radius 1 is 1.52 bits per heavy atom. The van der Waals surface area contributed by atoms with Gasteiger partial charge < -0.3 is 19.5 Å². The molecule has 0 amide bonds. The van der Waals surface area contributed by atoms with Crippen LogP contribution in [0.25, 0.3) is 11.4 Å². The number of hydrogen-bond donors (Lipinski definition) is 2. The number of carbonyl (C=O) groups is 1. The molecular formula is C12H17N5O4. The number of imidazole rings is 1. The molecule has 0 aromatic carbocycles. The van der Waals surface area contributed by atoms with Crippen molar-refractivity contribution < 1.29 is 19.7 Å². The van der Waals surface area contributed by atoms with Gasteiger partial charge in [0.1, 0.15) is 5.69 Å². The lowest BCUT2D eigenvalue weighted by atomic mass is 10.2. The lowest BCUT2D eigenvalue weighted by molar-refractivity contribution is 0.0520. The molecule has 2 N–H and O–H groups in total. The smallest absolute Gasteiger partial charge is 0.361 e. The van der Waals surface area contributed by atoms with E-state index in [1.165, 1.54) is 4.68 Å². The maximum Gasteiger partial charge on any atom is 0.361 e. The van der Waals surface area contributed by atoms with Crippen LogP contribution in [-0.4, -0.2) is 60.0 Å². The van der Waals surface area contributed by atoms with Crippen molar-refractivity contribution in [1.82, 2.24) is 24.5 Å². The highest BCUT2D eigenvalue weighted by Gasteiger charge is 2.25. The van der Waals surface area contributed by atoms with Crippen LogP contribution in [-0.2, 0) is 18.3 Å². The first kappa shape index (κ1) is 15.1. The molecule has 114 valence electrons. The summed E-state index contributed by atoms with van der Waals surface area (Å²) in [7, 11) is 1.76. The number of rotatable bonds is 6. The lowest BCUT2D eigenvalue weighted by Gasteiger charge is -2.11. The number of ether oxygens (including phenoxy) is 1. The zero-order valence-corrected chi connectivity index (χ0v) is 11.8. The number of aliphatic hydroxyl groups excluding tert-OH is 2. The molecule has 0 saturated heterocycles. The third-order valence-corrected chi connectivity index (χ3v) is 2.86. The van der Waals surface area contributed by atoms with E-state index in [9.17, 15) is 9.90 Å². The van der Waals surface area contributed by atoms with E-state index in [2.05, 4.69) is 15.3 Å². The summed E-state index contributed by atoms with van der Waals surface area (Å²) < 4.78 is 8.00. The molecule has 0 aliphatic carbocycles. The van der Waals surface area contributed by atoms with Gasteiger partial charge in [0, 0.05) is 7.05 Å². The molecule has 0 fully saturated rings. The highest BCUT2D eigenvalue weighted by atomic mass is 16.5. The van der Waals surface area contributed by atoms with Gasteiger partial charge >= 0.3 is 5.97 Å². The highest BCUT2D eigenvalue weighted by molar-refractivity contribution is 5.93. The molecule has 0 radical (unpaired) electrons. The quantitative estimate of drug-likeness (QED) is 0.671. The van der Waals surface area contributed by atoms with Crippen LogP contribution in [0, 0.1) is 0 Å². The maximum absolute atomic E-state index is 12.0. The molecule has 2 heterocycles. The van der Waals surface area contributed by atoms with E-state index in [1.54, 1.807) is 31.1 Å². The molecule has 2 rings (SSSR count). The molecule has 1 unspecified atom stereocenters. The molecule has 0 saturated carbocycles. The van der Waals surface area contributed by atoms with Gasteiger partial charge in [-0.05, 0) is 6.92 Å². The standard InChI is InChI=1S/C12H17N5O4/c1-3-21-12(20)10-11(9-4-13-7-16(9)2)17(15-14-10)5-8(19)6-18/h4,7-8,18-19H,3,5-6H2,1-2H3. The van der Waals surface area contributed by atoms with Gasteiger partial charge in [0.25, 0.3) is 0 Å². The fourth-order valence-electron chi connectivity index (χ4n) is 1.87. The lowest BCUT2D eigenvalue weighted by Crippen LogP contribution is -2.21. The van der Waals surface area contributed by atoms with Crippen molar-refractivity contribution in [1.29, 1.82) is 0 Å². The highest BCUT2D eigenvalue weighted by Crippen LogP contribution is 2.22. The van der Waals surface area contributed by atoms with Gasteiger partial charge in [-0.2, -0.15) is 0 Å². The third kappa shape index (κ3) is 3.09. The predicted molar refractivity (Wildman–Crippen MR) is 71.3 cm³/mol. The summed E-state index contributed by atoms with van der Waals surface area (Å²) in [6.07, 6.45) is 2.13. The SMILES string of the molecule is CCOC(=O)c1nnn(CC(O)CO)c1-c1cncn1C. The second-order valence-corrected chi connectivity index (χ2v) is 4.42. The summed E-state index contributed by atoms with van der Waals surface area (Å²) in [5.74, 6) is -0.599. The Hall–Kier alpha value is -2.26. The summed E-state index contributed by atoms with van der Waals surface area (Å²) in [6.45, 7) is 1.50. The predicted octanol–water partition coefficient (Wildman–Crippen LogP) is -0.792. The molecule has 9 nitrogen and oxygen atoms in total. The first-order chi connectivity index (χ1) is 10.1. The molecule has 0 bridgehead atoms.